The molecule has 0 amide bonds. The Labute approximate surface area is 125 Å². The third-order valence-electron chi connectivity index (χ3n) is 2.65. The van der Waals surface area contributed by atoms with E-state index in [1.54, 1.807) is 24.3 Å². The molecule has 19 heavy (non-hydrogen) atoms. The van der Waals surface area contributed by atoms with Crippen LogP contribution in [0.2, 0.25) is 5.02 Å². The lowest BCUT2D eigenvalue weighted by Crippen LogP contribution is -1.93. The van der Waals surface area contributed by atoms with E-state index in [9.17, 15) is 4.79 Å². The molecule has 0 N–H and O–H groups in total. The lowest BCUT2D eigenvalue weighted by Gasteiger charge is -2.10. The van der Waals surface area contributed by atoms with Crippen LogP contribution in [0, 0.1) is 6.92 Å². The molecule has 0 saturated heterocycles. The Bertz CT molecular complexity index is 638. The summed E-state index contributed by atoms with van der Waals surface area (Å²) in [7, 11) is 0. The summed E-state index contributed by atoms with van der Waals surface area (Å²) < 4.78 is 6.49. The second-order valence-corrected chi connectivity index (χ2v) is 5.50. The molecular formula is C15H12BrClO2. The zero-order chi connectivity index (χ0) is 14.0. The monoisotopic (exact) mass is 338 g/mol. The zero-order valence-corrected chi connectivity index (χ0v) is 12.9. The fraction of sp³-hybridized carbons (Fsp3) is 0.133. The van der Waals surface area contributed by atoms with Gasteiger partial charge in [-0.15, -0.1) is 0 Å². The summed E-state index contributed by atoms with van der Waals surface area (Å²) in [4.78, 5) is 11.3. The Balaban J connectivity index is 2.33. The summed E-state index contributed by atoms with van der Waals surface area (Å²) in [5, 5.41) is 0.549. The molecule has 0 aromatic heterocycles. The number of carbonyl (C=O) groups is 1. The van der Waals surface area contributed by atoms with Crippen LogP contribution < -0.4 is 4.74 Å². The number of ether oxygens (including phenoxy) is 1. The van der Waals surface area contributed by atoms with Gasteiger partial charge in [-0.3, -0.25) is 4.79 Å². The van der Waals surface area contributed by atoms with Gasteiger partial charge in [0.2, 0.25) is 0 Å². The van der Waals surface area contributed by atoms with Crippen molar-refractivity contribution in [3.05, 3.63) is 57.0 Å². The molecule has 0 aliphatic heterocycles. The minimum atomic E-state index is 0.0147. The average molecular weight is 340 g/mol. The molecule has 0 fully saturated rings. The van der Waals surface area contributed by atoms with Crippen LogP contribution >= 0.6 is 27.5 Å². The van der Waals surface area contributed by atoms with Gasteiger partial charge >= 0.3 is 0 Å². The second kappa shape index (κ2) is 5.76. The number of benzene rings is 2. The van der Waals surface area contributed by atoms with Gasteiger partial charge in [-0.1, -0.05) is 17.7 Å². The Hall–Kier alpha value is -1.32. The molecule has 0 radical (unpaired) electrons. The highest BCUT2D eigenvalue weighted by Gasteiger charge is 2.09. The molecule has 0 atom stereocenters. The van der Waals surface area contributed by atoms with Gasteiger partial charge in [0.15, 0.2) is 5.78 Å². The van der Waals surface area contributed by atoms with E-state index in [2.05, 4.69) is 15.9 Å². The Kier molecular flexibility index (Phi) is 4.27. The van der Waals surface area contributed by atoms with E-state index >= 15 is 0 Å². The van der Waals surface area contributed by atoms with Crippen molar-refractivity contribution in [3.8, 4) is 11.5 Å². The molecular weight excluding hydrogens is 328 g/mol. The molecule has 0 unspecified atom stereocenters. The number of ketones is 1. The maximum absolute atomic E-state index is 11.3. The van der Waals surface area contributed by atoms with E-state index in [0.29, 0.717) is 22.1 Å². The molecule has 4 heteroatoms. The molecule has 0 aliphatic carbocycles. The molecule has 98 valence electrons. The molecule has 0 saturated carbocycles. The summed E-state index contributed by atoms with van der Waals surface area (Å²) in [6.07, 6.45) is 0. The Morgan fingerprint density at radius 3 is 2.53 bits per heavy atom. The summed E-state index contributed by atoms with van der Waals surface area (Å²) in [6, 6.07) is 10.8. The lowest BCUT2D eigenvalue weighted by atomic mass is 10.1. The SMILES string of the molecule is CC(=O)c1ccc(Oc2cc(C)ccc2Cl)c(Br)c1. The third-order valence-corrected chi connectivity index (χ3v) is 3.58. The van der Waals surface area contributed by atoms with E-state index < -0.39 is 0 Å². The van der Waals surface area contributed by atoms with Gasteiger partial charge in [-0.05, 0) is 65.7 Å². The van der Waals surface area contributed by atoms with Crippen LogP contribution in [0.15, 0.2) is 40.9 Å². The van der Waals surface area contributed by atoms with Crippen molar-refractivity contribution in [3.63, 3.8) is 0 Å². The minimum Gasteiger partial charge on any atom is -0.455 e. The number of aryl methyl sites for hydroxylation is 1. The number of carbonyl (C=O) groups excluding carboxylic acids is 1. The number of hydrogen-bond acceptors (Lipinski definition) is 2. The van der Waals surface area contributed by atoms with E-state index in [1.807, 2.05) is 19.1 Å². The molecule has 0 heterocycles. The summed E-state index contributed by atoms with van der Waals surface area (Å²) >= 11 is 9.48. The van der Waals surface area contributed by atoms with Gasteiger partial charge in [-0.25, -0.2) is 0 Å². The maximum Gasteiger partial charge on any atom is 0.159 e. The molecule has 0 bridgehead atoms. The smallest absolute Gasteiger partial charge is 0.159 e. The van der Waals surface area contributed by atoms with Crippen LogP contribution in [0.5, 0.6) is 11.5 Å². The van der Waals surface area contributed by atoms with Gasteiger partial charge < -0.3 is 4.74 Å². The van der Waals surface area contributed by atoms with Crippen LogP contribution in [0.4, 0.5) is 0 Å². The zero-order valence-electron chi connectivity index (χ0n) is 10.5. The van der Waals surface area contributed by atoms with Crippen molar-refractivity contribution in [2.75, 3.05) is 0 Å². The maximum atomic E-state index is 11.3. The molecule has 2 aromatic carbocycles. The van der Waals surface area contributed by atoms with Crippen LogP contribution in [0.1, 0.15) is 22.8 Å². The number of halogens is 2. The summed E-state index contributed by atoms with van der Waals surface area (Å²) in [5.41, 5.74) is 1.70. The first-order chi connectivity index (χ1) is 8.97. The predicted octanol–water partition coefficient (Wildman–Crippen LogP) is 5.41. The first-order valence-corrected chi connectivity index (χ1v) is 6.89. The fourth-order valence-corrected chi connectivity index (χ4v) is 2.23. The van der Waals surface area contributed by atoms with Crippen molar-refractivity contribution >= 4 is 33.3 Å². The first kappa shape index (κ1) is 14.1. The van der Waals surface area contributed by atoms with Gasteiger partial charge in [-0.2, -0.15) is 0 Å². The fourth-order valence-electron chi connectivity index (χ4n) is 1.61. The largest absolute Gasteiger partial charge is 0.455 e. The van der Waals surface area contributed by atoms with Gasteiger partial charge in [0, 0.05) is 5.56 Å². The quantitative estimate of drug-likeness (QED) is 0.699. The van der Waals surface area contributed by atoms with Gasteiger partial charge in [0.05, 0.1) is 9.50 Å². The van der Waals surface area contributed by atoms with Crippen LogP contribution in [0.3, 0.4) is 0 Å². The second-order valence-electron chi connectivity index (χ2n) is 4.24. The van der Waals surface area contributed by atoms with Gasteiger partial charge in [0.25, 0.3) is 0 Å². The third kappa shape index (κ3) is 3.37. The minimum absolute atomic E-state index is 0.0147. The van der Waals surface area contributed by atoms with E-state index in [-0.39, 0.29) is 5.78 Å². The predicted molar refractivity (Wildman–Crippen MR) is 80.4 cm³/mol. The van der Waals surface area contributed by atoms with Crippen molar-refractivity contribution in [1.29, 1.82) is 0 Å². The van der Waals surface area contributed by atoms with Gasteiger partial charge in [0.1, 0.15) is 11.5 Å². The lowest BCUT2D eigenvalue weighted by molar-refractivity contribution is 0.101. The van der Waals surface area contributed by atoms with Crippen molar-refractivity contribution in [2.45, 2.75) is 13.8 Å². The van der Waals surface area contributed by atoms with Crippen LogP contribution in [-0.4, -0.2) is 5.78 Å². The Morgan fingerprint density at radius 1 is 1.16 bits per heavy atom. The van der Waals surface area contributed by atoms with Crippen LogP contribution in [-0.2, 0) is 0 Å². The highest BCUT2D eigenvalue weighted by atomic mass is 79.9. The van der Waals surface area contributed by atoms with E-state index in [0.717, 1.165) is 10.0 Å². The summed E-state index contributed by atoms with van der Waals surface area (Å²) in [6.45, 7) is 3.50. The van der Waals surface area contributed by atoms with Crippen molar-refractivity contribution in [2.24, 2.45) is 0 Å². The normalized spacial score (nSPS) is 10.3. The number of Topliss-reactive ketones (excluding diaryl/α,β-unsaturated/α-hetero) is 1. The standard InChI is InChI=1S/C15H12BrClO2/c1-9-3-5-13(17)15(7-9)19-14-6-4-11(10(2)18)8-12(14)16/h3-8H,1-2H3. The summed E-state index contributed by atoms with van der Waals surface area (Å²) in [5.74, 6) is 1.23. The number of rotatable bonds is 3. The van der Waals surface area contributed by atoms with E-state index in [4.69, 9.17) is 16.3 Å². The molecule has 2 rings (SSSR count). The van der Waals surface area contributed by atoms with Crippen molar-refractivity contribution < 1.29 is 9.53 Å². The molecule has 2 aromatic rings. The molecule has 2 nitrogen and oxygen atoms in total. The Morgan fingerprint density at radius 2 is 1.89 bits per heavy atom. The highest BCUT2D eigenvalue weighted by Crippen LogP contribution is 2.34. The highest BCUT2D eigenvalue weighted by molar-refractivity contribution is 9.10. The average Bonchev–Trinajstić information content (AvgIpc) is 2.36. The van der Waals surface area contributed by atoms with Crippen molar-refractivity contribution in [1.82, 2.24) is 0 Å². The molecule has 0 spiro atoms. The topological polar surface area (TPSA) is 26.3 Å². The first-order valence-electron chi connectivity index (χ1n) is 5.72. The van der Waals surface area contributed by atoms with Crippen LogP contribution in [0.25, 0.3) is 0 Å². The number of hydrogen-bond donors (Lipinski definition) is 0. The van der Waals surface area contributed by atoms with E-state index in [1.165, 1.54) is 6.92 Å². The molecule has 0 aliphatic rings.